The summed E-state index contributed by atoms with van der Waals surface area (Å²) in [5.41, 5.74) is 0.405. The van der Waals surface area contributed by atoms with Crippen molar-refractivity contribution >= 4 is 29.6 Å². The van der Waals surface area contributed by atoms with Gasteiger partial charge in [-0.05, 0) is 42.0 Å². The van der Waals surface area contributed by atoms with Crippen molar-refractivity contribution in [2.24, 2.45) is 0 Å². The summed E-state index contributed by atoms with van der Waals surface area (Å²) in [4.78, 5) is 43.6. The SMILES string of the molecule is N#Cc1ccc(O[C@@H](CCN2CCC3(CC2)OC(=O)N2OC(=O)/C=C/C(=O)OC23)c2ccc(Cl)cc2)cc1. The van der Waals surface area contributed by atoms with E-state index in [1.54, 1.807) is 24.3 Å². The molecule has 1 unspecified atom stereocenters. The molecule has 2 aromatic rings. The van der Waals surface area contributed by atoms with E-state index in [1.807, 2.05) is 24.3 Å². The smallest absolute Gasteiger partial charge is 0.447 e. The van der Waals surface area contributed by atoms with Crippen molar-refractivity contribution in [3.05, 3.63) is 76.8 Å². The highest BCUT2D eigenvalue weighted by Crippen LogP contribution is 2.40. The molecule has 5 rings (SSSR count). The number of piperidine rings is 1. The Hall–Kier alpha value is -4.07. The number of fused-ring (bicyclic) bond motifs is 2. The van der Waals surface area contributed by atoms with E-state index in [0.717, 1.165) is 17.7 Å². The molecular weight excluding hydrogens is 514 g/mol. The quantitative estimate of drug-likeness (QED) is 0.505. The molecule has 11 heteroatoms. The number of esters is 1. The van der Waals surface area contributed by atoms with Crippen LogP contribution in [0.15, 0.2) is 60.7 Å². The second-order valence-electron chi connectivity index (χ2n) is 9.22. The van der Waals surface area contributed by atoms with Gasteiger partial charge in [-0.15, -0.1) is 0 Å². The van der Waals surface area contributed by atoms with Crippen LogP contribution in [0.2, 0.25) is 5.02 Å². The summed E-state index contributed by atoms with van der Waals surface area (Å²) in [6, 6.07) is 16.5. The van der Waals surface area contributed by atoms with Gasteiger partial charge in [0.05, 0.1) is 11.6 Å². The molecule has 38 heavy (non-hydrogen) atoms. The minimum Gasteiger partial charge on any atom is -0.486 e. The van der Waals surface area contributed by atoms with Gasteiger partial charge in [0.2, 0.25) is 0 Å². The normalized spacial score (nSPS) is 22.3. The Labute approximate surface area is 223 Å². The van der Waals surface area contributed by atoms with Gasteiger partial charge in [0.15, 0.2) is 5.60 Å². The fraction of sp³-hybridized carbons (Fsp3) is 0.333. The van der Waals surface area contributed by atoms with Crippen LogP contribution < -0.4 is 4.74 Å². The van der Waals surface area contributed by atoms with E-state index in [4.69, 9.17) is 35.9 Å². The molecule has 3 aliphatic heterocycles. The number of halogens is 1. The van der Waals surface area contributed by atoms with Gasteiger partial charge in [0.25, 0.3) is 6.23 Å². The third-order valence-corrected chi connectivity index (χ3v) is 7.07. The zero-order valence-electron chi connectivity index (χ0n) is 20.2. The van der Waals surface area contributed by atoms with E-state index in [9.17, 15) is 14.4 Å². The van der Waals surface area contributed by atoms with Crippen LogP contribution in [-0.4, -0.2) is 59.5 Å². The summed E-state index contributed by atoms with van der Waals surface area (Å²) >= 11 is 6.08. The summed E-state index contributed by atoms with van der Waals surface area (Å²) in [5.74, 6) is -0.953. The molecule has 0 saturated carbocycles. The Morgan fingerprint density at radius 3 is 2.39 bits per heavy atom. The largest absolute Gasteiger partial charge is 0.486 e. The average Bonchev–Trinajstić information content (AvgIpc) is 3.15. The third-order valence-electron chi connectivity index (χ3n) is 6.82. The first kappa shape index (κ1) is 25.6. The highest BCUT2D eigenvalue weighted by molar-refractivity contribution is 6.30. The van der Waals surface area contributed by atoms with Crippen LogP contribution in [0.3, 0.4) is 0 Å². The molecular formula is C27H24ClN3O7. The van der Waals surface area contributed by atoms with Crippen molar-refractivity contribution in [1.82, 2.24) is 9.96 Å². The van der Waals surface area contributed by atoms with Crippen LogP contribution in [0, 0.1) is 11.3 Å². The number of likely N-dealkylation sites (tertiary alicyclic amines) is 1. The molecule has 0 bridgehead atoms. The van der Waals surface area contributed by atoms with Crippen LogP contribution in [0.1, 0.15) is 36.5 Å². The Kier molecular flexibility index (Phi) is 7.22. The summed E-state index contributed by atoms with van der Waals surface area (Å²) in [5, 5.41) is 10.4. The lowest BCUT2D eigenvalue weighted by molar-refractivity contribution is -0.222. The number of hydrogen-bond acceptors (Lipinski definition) is 9. The molecule has 10 nitrogen and oxygen atoms in total. The topological polar surface area (TPSA) is 118 Å². The minimum absolute atomic E-state index is 0.270. The highest BCUT2D eigenvalue weighted by Gasteiger charge is 2.59. The number of benzene rings is 2. The van der Waals surface area contributed by atoms with Crippen LogP contribution in [0.5, 0.6) is 5.75 Å². The summed E-state index contributed by atoms with van der Waals surface area (Å²) < 4.78 is 17.3. The molecule has 0 aromatic heterocycles. The zero-order valence-corrected chi connectivity index (χ0v) is 21.0. The van der Waals surface area contributed by atoms with E-state index in [2.05, 4.69) is 11.0 Å². The lowest BCUT2D eigenvalue weighted by atomic mass is 9.89. The van der Waals surface area contributed by atoms with Gasteiger partial charge < -0.3 is 23.9 Å². The van der Waals surface area contributed by atoms with Gasteiger partial charge in [0.1, 0.15) is 11.9 Å². The fourth-order valence-corrected chi connectivity index (χ4v) is 4.91. The molecule has 3 heterocycles. The third kappa shape index (κ3) is 5.44. The molecule has 0 radical (unpaired) electrons. The molecule has 3 aliphatic rings. The first-order valence-corrected chi connectivity index (χ1v) is 12.5. The van der Waals surface area contributed by atoms with E-state index < -0.39 is 29.9 Å². The monoisotopic (exact) mass is 537 g/mol. The second kappa shape index (κ2) is 10.7. The maximum Gasteiger partial charge on any atom is 0.447 e. The standard InChI is InChI=1S/C27H24ClN3O7/c28-20-5-3-19(4-6-20)22(35-21-7-1-18(17-29)2-8-21)11-14-30-15-12-27(13-16-30)25-31(26(34)37-27)38-24(33)10-9-23(32)36-25/h1-10,22,25H,11-16H2/b10-9+/t22-,25?/m0/s1. The van der Waals surface area contributed by atoms with Crippen LogP contribution >= 0.6 is 11.6 Å². The first-order valence-electron chi connectivity index (χ1n) is 12.1. The zero-order chi connectivity index (χ0) is 26.7. The number of rotatable bonds is 6. The Balaban J connectivity index is 1.25. The molecule has 2 atom stereocenters. The van der Waals surface area contributed by atoms with Gasteiger partial charge in [-0.1, -0.05) is 28.8 Å². The average molecular weight is 538 g/mol. The Bertz CT molecular complexity index is 1280. The summed E-state index contributed by atoms with van der Waals surface area (Å²) in [7, 11) is 0. The number of carbonyl (C=O) groups is 3. The van der Waals surface area contributed by atoms with Gasteiger partial charge in [-0.3, -0.25) is 0 Å². The maximum absolute atomic E-state index is 12.4. The van der Waals surface area contributed by atoms with Gasteiger partial charge >= 0.3 is 18.0 Å². The van der Waals surface area contributed by atoms with E-state index in [0.29, 0.717) is 60.3 Å². The molecule has 1 spiro atoms. The van der Waals surface area contributed by atoms with Gasteiger partial charge in [-0.2, -0.15) is 5.26 Å². The van der Waals surface area contributed by atoms with Crippen LogP contribution in [-0.2, 0) is 23.9 Å². The van der Waals surface area contributed by atoms with Crippen LogP contribution in [0.4, 0.5) is 4.79 Å². The highest BCUT2D eigenvalue weighted by atomic mass is 35.5. The number of nitriles is 1. The van der Waals surface area contributed by atoms with E-state index in [-0.39, 0.29) is 6.10 Å². The summed E-state index contributed by atoms with van der Waals surface area (Å²) in [6.07, 6.45) is 1.01. The molecule has 0 N–H and O–H groups in total. The Morgan fingerprint density at radius 2 is 1.71 bits per heavy atom. The number of carbonyl (C=O) groups excluding carboxylic acids is 3. The number of hydroxylamine groups is 2. The van der Waals surface area contributed by atoms with E-state index >= 15 is 0 Å². The number of nitrogens with zero attached hydrogens (tertiary/aromatic N) is 3. The first-order chi connectivity index (χ1) is 18.3. The molecule has 0 aliphatic carbocycles. The molecule has 2 saturated heterocycles. The van der Waals surface area contributed by atoms with Crippen molar-refractivity contribution in [3.63, 3.8) is 0 Å². The van der Waals surface area contributed by atoms with Crippen molar-refractivity contribution in [1.29, 1.82) is 5.26 Å². The van der Waals surface area contributed by atoms with Crippen molar-refractivity contribution in [2.45, 2.75) is 37.2 Å². The molecule has 196 valence electrons. The second-order valence-corrected chi connectivity index (χ2v) is 9.65. The van der Waals surface area contributed by atoms with Crippen molar-refractivity contribution < 1.29 is 33.4 Å². The van der Waals surface area contributed by atoms with E-state index in [1.165, 1.54) is 0 Å². The van der Waals surface area contributed by atoms with Crippen molar-refractivity contribution in [2.75, 3.05) is 19.6 Å². The lowest BCUT2D eigenvalue weighted by Gasteiger charge is -2.40. The molecule has 2 fully saturated rings. The Morgan fingerprint density at radius 1 is 1.03 bits per heavy atom. The number of ether oxygens (including phenoxy) is 3. The van der Waals surface area contributed by atoms with Gasteiger partial charge in [-0.25, -0.2) is 14.4 Å². The van der Waals surface area contributed by atoms with Crippen LogP contribution in [0.25, 0.3) is 0 Å². The lowest BCUT2D eigenvalue weighted by Crippen LogP contribution is -2.54. The molecule has 1 amide bonds. The maximum atomic E-state index is 12.4. The number of hydrogen-bond donors (Lipinski definition) is 0. The minimum atomic E-state index is -1.15. The fourth-order valence-electron chi connectivity index (χ4n) is 4.78. The van der Waals surface area contributed by atoms with Crippen molar-refractivity contribution in [3.8, 4) is 11.8 Å². The van der Waals surface area contributed by atoms with Gasteiger partial charge in [0, 0.05) is 56.1 Å². The number of amides is 1. The molecule has 2 aromatic carbocycles. The predicted octanol–water partition coefficient (Wildman–Crippen LogP) is 3.91. The summed E-state index contributed by atoms with van der Waals surface area (Å²) in [6.45, 7) is 1.80. The predicted molar refractivity (Wildman–Crippen MR) is 132 cm³/mol.